The van der Waals surface area contributed by atoms with Gasteiger partial charge in [-0.1, -0.05) is 55.2 Å². The first-order valence-corrected chi connectivity index (χ1v) is 7.53. The zero-order chi connectivity index (χ0) is 14.5. The molecule has 0 bridgehead atoms. The predicted molar refractivity (Wildman–Crippen MR) is 88.4 cm³/mol. The summed E-state index contributed by atoms with van der Waals surface area (Å²) < 4.78 is 4.91. The van der Waals surface area contributed by atoms with E-state index in [0.29, 0.717) is 5.56 Å². The number of carbonyl (C=O) groups is 1. The van der Waals surface area contributed by atoms with Crippen LogP contribution in [0.2, 0.25) is 0 Å². The molecule has 0 aliphatic carbocycles. The molecule has 3 aromatic rings. The van der Waals surface area contributed by atoms with Gasteiger partial charge in [0.05, 0.1) is 12.7 Å². The van der Waals surface area contributed by atoms with Crippen LogP contribution >= 0.6 is 9.24 Å². The molecule has 0 aromatic heterocycles. The van der Waals surface area contributed by atoms with E-state index in [2.05, 4.69) is 15.3 Å². The summed E-state index contributed by atoms with van der Waals surface area (Å²) in [6, 6.07) is 17.8. The number of ether oxygens (including phenoxy) is 1. The molecule has 20 heavy (non-hydrogen) atoms. The molecule has 0 saturated carbocycles. The molecular weight excluding hydrogens is 267 g/mol. The predicted octanol–water partition coefficient (Wildman–Crippen LogP) is 4.27. The molecule has 0 N–H and O–H groups in total. The normalized spacial score (nSPS) is 9.95. The van der Waals surface area contributed by atoms with E-state index < -0.39 is 0 Å². The van der Waals surface area contributed by atoms with Crippen molar-refractivity contribution in [2.45, 2.75) is 0 Å². The van der Waals surface area contributed by atoms with Gasteiger partial charge in [-0.05, 0) is 27.6 Å². The summed E-state index contributed by atoms with van der Waals surface area (Å²) in [5.41, 5.74) is 0.645. The minimum Gasteiger partial charge on any atom is -0.465 e. The molecule has 0 heterocycles. The first kappa shape index (κ1) is 14.5. The molecule has 2 nitrogen and oxygen atoms in total. The van der Waals surface area contributed by atoms with E-state index >= 15 is 0 Å². The first-order valence-electron chi connectivity index (χ1n) is 6.38. The largest absolute Gasteiger partial charge is 0.465 e. The third-order valence-corrected chi connectivity index (χ3v) is 3.16. The van der Waals surface area contributed by atoms with Crippen LogP contribution in [0.3, 0.4) is 0 Å². The lowest BCUT2D eigenvalue weighted by molar-refractivity contribution is 0.0605. The van der Waals surface area contributed by atoms with E-state index in [9.17, 15) is 4.79 Å². The lowest BCUT2D eigenvalue weighted by Gasteiger charge is -2.09. The van der Waals surface area contributed by atoms with E-state index in [4.69, 9.17) is 4.74 Å². The molecule has 0 saturated heterocycles. The first-order chi connectivity index (χ1) is 9.81. The molecule has 0 spiro atoms. The number of methoxy groups -OCH3 is 1. The topological polar surface area (TPSA) is 26.3 Å². The Morgan fingerprint density at radius 3 is 1.80 bits per heavy atom. The fourth-order valence-electron chi connectivity index (χ4n) is 2.34. The Labute approximate surface area is 121 Å². The van der Waals surface area contributed by atoms with Gasteiger partial charge in [-0.3, -0.25) is 0 Å². The number of benzene rings is 3. The Hall–Kier alpha value is -1.92. The molecule has 3 rings (SSSR count). The van der Waals surface area contributed by atoms with Crippen LogP contribution in [0.5, 0.6) is 0 Å². The van der Waals surface area contributed by atoms with Gasteiger partial charge in [0.25, 0.3) is 0 Å². The Morgan fingerprint density at radius 2 is 1.35 bits per heavy atom. The molecule has 102 valence electrons. The van der Waals surface area contributed by atoms with Crippen LogP contribution in [0.15, 0.2) is 54.6 Å². The molecule has 1 atom stereocenters. The number of fused-ring (bicyclic) bond motifs is 2. The summed E-state index contributed by atoms with van der Waals surface area (Å²) in [4.78, 5) is 12.0. The summed E-state index contributed by atoms with van der Waals surface area (Å²) >= 11 is 0. The smallest absolute Gasteiger partial charge is 0.339 e. The summed E-state index contributed by atoms with van der Waals surface area (Å²) in [5, 5.41) is 3.97. The van der Waals surface area contributed by atoms with Crippen LogP contribution < -0.4 is 0 Å². The van der Waals surface area contributed by atoms with Crippen molar-refractivity contribution in [3.05, 3.63) is 60.2 Å². The van der Waals surface area contributed by atoms with Crippen molar-refractivity contribution >= 4 is 36.8 Å². The van der Waals surface area contributed by atoms with Crippen molar-refractivity contribution < 1.29 is 9.53 Å². The molecule has 0 amide bonds. The van der Waals surface area contributed by atoms with E-state index in [1.54, 1.807) is 0 Å². The lowest BCUT2D eigenvalue weighted by atomic mass is 9.97. The fraction of sp³-hybridized carbons (Fsp3) is 0.118. The zero-order valence-electron chi connectivity index (χ0n) is 11.6. The van der Waals surface area contributed by atoms with Crippen molar-refractivity contribution in [1.29, 1.82) is 0 Å². The van der Waals surface area contributed by atoms with Gasteiger partial charge >= 0.3 is 5.97 Å². The van der Waals surface area contributed by atoms with Crippen LogP contribution in [0.4, 0.5) is 0 Å². The van der Waals surface area contributed by atoms with E-state index in [1.165, 1.54) is 7.11 Å². The Balaban J connectivity index is 0.000000704. The quantitative estimate of drug-likeness (QED) is 0.379. The minimum atomic E-state index is -0.289. The molecule has 0 fully saturated rings. The third kappa shape index (κ3) is 2.52. The highest BCUT2D eigenvalue weighted by Gasteiger charge is 2.14. The second-order valence-corrected chi connectivity index (χ2v) is 4.19. The van der Waals surface area contributed by atoms with Crippen molar-refractivity contribution in [2.24, 2.45) is 0 Å². The van der Waals surface area contributed by atoms with E-state index in [1.807, 2.05) is 55.2 Å². The molecular formula is C17H17O2P. The van der Waals surface area contributed by atoms with Gasteiger partial charge in [0.1, 0.15) is 0 Å². The average molecular weight is 284 g/mol. The van der Waals surface area contributed by atoms with Gasteiger partial charge in [-0.2, -0.15) is 0 Å². The number of hydrogen-bond acceptors (Lipinski definition) is 2. The van der Waals surface area contributed by atoms with Crippen LogP contribution in [0.25, 0.3) is 21.5 Å². The Kier molecular flexibility index (Phi) is 4.70. The SMILES string of the molecule is COC(=O)c1c2ccccc2cc2ccccc12.CP. The number of rotatable bonds is 1. The Morgan fingerprint density at radius 1 is 0.900 bits per heavy atom. The average Bonchev–Trinajstić information content (AvgIpc) is 2.53. The maximum atomic E-state index is 12.0. The van der Waals surface area contributed by atoms with Crippen molar-refractivity contribution in [3.8, 4) is 0 Å². The van der Waals surface area contributed by atoms with Crippen LogP contribution in [-0.2, 0) is 4.74 Å². The second-order valence-electron chi connectivity index (χ2n) is 4.19. The summed E-state index contributed by atoms with van der Waals surface area (Å²) in [6.45, 7) is 1.92. The maximum Gasteiger partial charge on any atom is 0.339 e. The van der Waals surface area contributed by atoms with Gasteiger partial charge in [0.2, 0.25) is 0 Å². The van der Waals surface area contributed by atoms with Gasteiger partial charge in [0.15, 0.2) is 0 Å². The van der Waals surface area contributed by atoms with Gasteiger partial charge in [0, 0.05) is 0 Å². The highest BCUT2D eigenvalue weighted by Crippen LogP contribution is 2.28. The van der Waals surface area contributed by atoms with Crippen molar-refractivity contribution in [2.75, 3.05) is 13.8 Å². The summed E-state index contributed by atoms with van der Waals surface area (Å²) in [5.74, 6) is -0.289. The molecule has 3 aromatic carbocycles. The van der Waals surface area contributed by atoms with E-state index in [0.717, 1.165) is 21.5 Å². The minimum absolute atomic E-state index is 0.289. The van der Waals surface area contributed by atoms with Gasteiger partial charge in [-0.25, -0.2) is 4.79 Å². The van der Waals surface area contributed by atoms with Gasteiger partial charge in [-0.15, -0.1) is 9.24 Å². The molecule has 0 aliphatic rings. The molecule has 1 unspecified atom stereocenters. The van der Waals surface area contributed by atoms with E-state index in [-0.39, 0.29) is 5.97 Å². The molecule has 0 radical (unpaired) electrons. The maximum absolute atomic E-state index is 12.0. The number of esters is 1. The monoisotopic (exact) mass is 284 g/mol. The number of hydrogen-bond donors (Lipinski definition) is 0. The zero-order valence-corrected chi connectivity index (χ0v) is 12.7. The second kappa shape index (κ2) is 6.49. The summed E-state index contributed by atoms with van der Waals surface area (Å²) in [6.07, 6.45) is 0. The number of carbonyl (C=O) groups excluding carboxylic acids is 1. The fourth-order valence-corrected chi connectivity index (χ4v) is 2.34. The standard InChI is InChI=1S/C16H12O2.CH5P/c1-18-16(17)15-13-8-4-2-6-11(13)10-12-7-3-5-9-14(12)15;1-2/h2-10H,1H3;2H2,1H3. The molecule has 0 aliphatic heterocycles. The highest BCUT2D eigenvalue weighted by atomic mass is 31.0. The summed E-state index contributed by atoms with van der Waals surface area (Å²) in [7, 11) is 3.83. The van der Waals surface area contributed by atoms with Gasteiger partial charge < -0.3 is 4.74 Å². The third-order valence-electron chi connectivity index (χ3n) is 3.16. The highest BCUT2D eigenvalue weighted by molar-refractivity contribution is 7.15. The van der Waals surface area contributed by atoms with Crippen LogP contribution in [0.1, 0.15) is 10.4 Å². The van der Waals surface area contributed by atoms with Crippen LogP contribution in [-0.4, -0.2) is 19.7 Å². The van der Waals surface area contributed by atoms with Crippen molar-refractivity contribution in [1.82, 2.24) is 0 Å². The van der Waals surface area contributed by atoms with Crippen molar-refractivity contribution in [3.63, 3.8) is 0 Å². The Bertz CT molecular complexity index is 696. The van der Waals surface area contributed by atoms with Crippen LogP contribution in [0, 0.1) is 0 Å². The lowest BCUT2D eigenvalue weighted by Crippen LogP contribution is -2.03. The molecule has 3 heteroatoms.